The number of amides is 2. The van der Waals surface area contributed by atoms with E-state index in [-0.39, 0.29) is 11.6 Å². The molecule has 0 bridgehead atoms. The molecule has 30 heavy (non-hydrogen) atoms. The van der Waals surface area contributed by atoms with Gasteiger partial charge in [0.15, 0.2) is 0 Å². The first-order chi connectivity index (χ1) is 14.2. The number of thiophene rings is 1. The average Bonchev–Trinajstić information content (AvgIpc) is 3.31. The number of pyridine rings is 1. The van der Waals surface area contributed by atoms with Crippen molar-refractivity contribution in [1.82, 2.24) is 14.9 Å². The number of anilines is 1. The molecule has 8 heteroatoms. The van der Waals surface area contributed by atoms with Gasteiger partial charge in [0.2, 0.25) is 0 Å². The van der Waals surface area contributed by atoms with Gasteiger partial charge >= 0.3 is 0 Å². The van der Waals surface area contributed by atoms with Gasteiger partial charge in [-0.1, -0.05) is 6.07 Å². The van der Waals surface area contributed by atoms with Crippen LogP contribution in [-0.4, -0.2) is 26.9 Å². The summed E-state index contributed by atoms with van der Waals surface area (Å²) in [5, 5.41) is 16.5. The summed E-state index contributed by atoms with van der Waals surface area (Å²) in [6, 6.07) is 11.1. The third-order valence-electron chi connectivity index (χ3n) is 4.67. The van der Waals surface area contributed by atoms with Gasteiger partial charge in [0.05, 0.1) is 18.2 Å². The van der Waals surface area contributed by atoms with Gasteiger partial charge < -0.3 is 15.2 Å². The van der Waals surface area contributed by atoms with Crippen LogP contribution in [0.25, 0.3) is 0 Å². The molecule has 0 aliphatic carbocycles. The lowest BCUT2D eigenvalue weighted by atomic mass is 10.1. The Morgan fingerprint density at radius 1 is 1.23 bits per heavy atom. The summed E-state index contributed by atoms with van der Waals surface area (Å²) in [7, 11) is 0. The standard InChI is InChI=1S/C22H23N5O2S/c1-14-10-18(15(2)27(14)12-17-6-5-9-30-17)20(28)25-16-7-8-24-19(11-16)21(29)26-22(3,4)13-23/h5-11H,12H2,1-4H3,(H,26,29)(H,24,25,28). The third-order valence-corrected chi connectivity index (χ3v) is 5.53. The van der Waals surface area contributed by atoms with Crippen molar-refractivity contribution in [3.8, 4) is 6.07 Å². The third kappa shape index (κ3) is 4.75. The Morgan fingerprint density at radius 2 is 2.00 bits per heavy atom. The quantitative estimate of drug-likeness (QED) is 0.630. The van der Waals surface area contributed by atoms with Crippen LogP contribution in [0, 0.1) is 25.2 Å². The molecule has 7 nitrogen and oxygen atoms in total. The van der Waals surface area contributed by atoms with Crippen LogP contribution < -0.4 is 10.6 Å². The van der Waals surface area contributed by atoms with Gasteiger partial charge in [-0.25, -0.2) is 0 Å². The first-order valence-corrected chi connectivity index (χ1v) is 10.3. The van der Waals surface area contributed by atoms with Crippen molar-refractivity contribution in [2.75, 3.05) is 5.32 Å². The summed E-state index contributed by atoms with van der Waals surface area (Å²) in [4.78, 5) is 30.5. The van der Waals surface area contributed by atoms with Crippen LogP contribution in [0.4, 0.5) is 5.69 Å². The van der Waals surface area contributed by atoms with E-state index in [1.807, 2.05) is 37.4 Å². The van der Waals surface area contributed by atoms with Crippen LogP contribution in [0.15, 0.2) is 41.9 Å². The van der Waals surface area contributed by atoms with Crippen LogP contribution in [-0.2, 0) is 6.54 Å². The number of nitrogens with one attached hydrogen (secondary N) is 2. The number of aromatic nitrogens is 2. The van der Waals surface area contributed by atoms with Crippen molar-refractivity contribution >= 4 is 28.8 Å². The van der Waals surface area contributed by atoms with Gasteiger partial charge in [-0.3, -0.25) is 14.6 Å². The Hall–Kier alpha value is -3.44. The van der Waals surface area contributed by atoms with Crippen molar-refractivity contribution in [2.24, 2.45) is 0 Å². The SMILES string of the molecule is Cc1cc(C(=O)Nc2ccnc(C(=O)NC(C)(C)C#N)c2)c(C)n1Cc1cccs1. The van der Waals surface area contributed by atoms with Crippen molar-refractivity contribution in [3.05, 3.63) is 69.4 Å². The Bertz CT molecular complexity index is 1120. The molecule has 3 aromatic rings. The first-order valence-electron chi connectivity index (χ1n) is 9.40. The maximum Gasteiger partial charge on any atom is 0.271 e. The lowest BCUT2D eigenvalue weighted by Gasteiger charge is -2.17. The average molecular weight is 422 g/mol. The van der Waals surface area contributed by atoms with Crippen LogP contribution in [0.2, 0.25) is 0 Å². The number of rotatable bonds is 6. The summed E-state index contributed by atoms with van der Waals surface area (Å²) in [5.41, 5.74) is 2.02. The fraction of sp³-hybridized carbons (Fsp3) is 0.273. The summed E-state index contributed by atoms with van der Waals surface area (Å²) in [6.07, 6.45) is 1.45. The van der Waals surface area contributed by atoms with E-state index in [9.17, 15) is 9.59 Å². The Morgan fingerprint density at radius 3 is 2.67 bits per heavy atom. The highest BCUT2D eigenvalue weighted by Crippen LogP contribution is 2.21. The number of nitrogens with zero attached hydrogens (tertiary/aromatic N) is 3. The molecular weight excluding hydrogens is 398 g/mol. The molecule has 0 spiro atoms. The van der Waals surface area contributed by atoms with Gasteiger partial charge in [0.25, 0.3) is 11.8 Å². The van der Waals surface area contributed by atoms with Gasteiger partial charge in [0, 0.05) is 28.1 Å². The molecule has 3 aromatic heterocycles. The van der Waals surface area contributed by atoms with Gasteiger partial charge in [-0.05, 0) is 57.3 Å². The van der Waals surface area contributed by atoms with Crippen molar-refractivity contribution in [2.45, 2.75) is 39.8 Å². The zero-order valence-corrected chi connectivity index (χ0v) is 18.1. The number of hydrogen-bond acceptors (Lipinski definition) is 5. The number of aryl methyl sites for hydroxylation is 1. The fourth-order valence-corrected chi connectivity index (χ4v) is 3.73. The number of hydrogen-bond donors (Lipinski definition) is 2. The van der Waals surface area contributed by atoms with Crippen LogP contribution in [0.3, 0.4) is 0 Å². The molecule has 3 rings (SSSR count). The second-order valence-electron chi connectivity index (χ2n) is 7.53. The van der Waals surface area contributed by atoms with Gasteiger partial charge in [-0.15, -0.1) is 11.3 Å². The van der Waals surface area contributed by atoms with Gasteiger partial charge in [-0.2, -0.15) is 5.26 Å². The summed E-state index contributed by atoms with van der Waals surface area (Å²) >= 11 is 1.68. The highest BCUT2D eigenvalue weighted by atomic mass is 32.1. The lowest BCUT2D eigenvalue weighted by molar-refractivity contribution is 0.0923. The summed E-state index contributed by atoms with van der Waals surface area (Å²) in [6.45, 7) is 7.82. The van der Waals surface area contributed by atoms with E-state index in [1.54, 1.807) is 31.3 Å². The number of nitriles is 1. The molecule has 0 radical (unpaired) electrons. The van der Waals surface area contributed by atoms with Crippen LogP contribution in [0.1, 0.15) is 51.0 Å². The maximum absolute atomic E-state index is 12.9. The molecule has 0 fully saturated rings. The van der Waals surface area contributed by atoms with Gasteiger partial charge in [0.1, 0.15) is 11.2 Å². The van der Waals surface area contributed by atoms with Crippen molar-refractivity contribution in [1.29, 1.82) is 5.26 Å². The number of carbonyl (C=O) groups excluding carboxylic acids is 2. The molecule has 0 aliphatic rings. The smallest absolute Gasteiger partial charge is 0.271 e. The topological polar surface area (TPSA) is 99.8 Å². The summed E-state index contributed by atoms with van der Waals surface area (Å²) < 4.78 is 2.11. The number of carbonyl (C=O) groups is 2. The second kappa shape index (κ2) is 8.51. The maximum atomic E-state index is 12.9. The molecule has 154 valence electrons. The minimum Gasteiger partial charge on any atom is -0.343 e. The Balaban J connectivity index is 1.77. The molecular formula is C22H23N5O2S. The van der Waals surface area contributed by atoms with E-state index >= 15 is 0 Å². The van der Waals surface area contributed by atoms with Crippen LogP contribution >= 0.6 is 11.3 Å². The minimum atomic E-state index is -1.02. The Kier molecular flexibility index (Phi) is 6.04. The van der Waals surface area contributed by atoms with E-state index in [0.717, 1.165) is 17.9 Å². The molecule has 0 saturated carbocycles. The monoisotopic (exact) mass is 421 g/mol. The largest absolute Gasteiger partial charge is 0.343 e. The molecule has 0 atom stereocenters. The molecule has 0 aromatic carbocycles. The minimum absolute atomic E-state index is 0.124. The molecule has 0 aliphatic heterocycles. The molecule has 2 amide bonds. The second-order valence-corrected chi connectivity index (χ2v) is 8.56. The molecule has 3 heterocycles. The summed E-state index contributed by atoms with van der Waals surface area (Å²) in [5.74, 6) is -0.734. The van der Waals surface area contributed by atoms with Crippen molar-refractivity contribution in [3.63, 3.8) is 0 Å². The van der Waals surface area contributed by atoms with E-state index < -0.39 is 11.4 Å². The molecule has 2 N–H and O–H groups in total. The van der Waals surface area contributed by atoms with Crippen LogP contribution in [0.5, 0.6) is 0 Å². The predicted molar refractivity (Wildman–Crippen MR) is 117 cm³/mol. The van der Waals surface area contributed by atoms with E-state index in [1.165, 1.54) is 17.1 Å². The predicted octanol–water partition coefficient (Wildman–Crippen LogP) is 3.89. The zero-order chi connectivity index (χ0) is 21.9. The fourth-order valence-electron chi connectivity index (χ4n) is 3.04. The lowest BCUT2D eigenvalue weighted by Crippen LogP contribution is -2.42. The molecule has 0 saturated heterocycles. The Labute approximate surface area is 179 Å². The zero-order valence-electron chi connectivity index (χ0n) is 17.3. The highest BCUT2D eigenvalue weighted by Gasteiger charge is 2.22. The highest BCUT2D eigenvalue weighted by molar-refractivity contribution is 7.09. The van der Waals surface area contributed by atoms with E-state index in [4.69, 9.17) is 5.26 Å². The normalized spacial score (nSPS) is 11.0. The van der Waals surface area contributed by atoms with E-state index in [2.05, 4.69) is 26.3 Å². The van der Waals surface area contributed by atoms with E-state index in [0.29, 0.717) is 11.3 Å². The molecule has 0 unspecified atom stereocenters. The van der Waals surface area contributed by atoms with Crippen molar-refractivity contribution < 1.29 is 9.59 Å². The first kappa shape index (κ1) is 21.3.